The second kappa shape index (κ2) is 4.90. The fourth-order valence-corrected chi connectivity index (χ4v) is 2.09. The quantitative estimate of drug-likeness (QED) is 0.775. The normalized spacial score (nSPS) is 15.3. The second-order valence-electron chi connectivity index (χ2n) is 3.84. The number of hydrogen-bond acceptors (Lipinski definition) is 3. The van der Waals surface area contributed by atoms with Crippen LogP contribution in [0.2, 0.25) is 0 Å². The Morgan fingerprint density at radius 1 is 1.47 bits per heavy atom. The Morgan fingerprint density at radius 2 is 2.27 bits per heavy atom. The number of rotatable bonds is 5. The van der Waals surface area contributed by atoms with Crippen molar-refractivity contribution in [3.8, 4) is 5.75 Å². The zero-order valence-corrected chi connectivity index (χ0v) is 10.1. The summed E-state index contributed by atoms with van der Waals surface area (Å²) < 4.78 is 5.35. The molecule has 1 fully saturated rings. The molecule has 0 radical (unpaired) electrons. The fourth-order valence-electron chi connectivity index (χ4n) is 1.54. The van der Waals surface area contributed by atoms with Crippen molar-refractivity contribution in [2.24, 2.45) is 0 Å². The van der Waals surface area contributed by atoms with Gasteiger partial charge in [-0.15, -0.1) is 11.8 Å². The first-order chi connectivity index (χ1) is 7.33. The van der Waals surface area contributed by atoms with E-state index in [0.717, 1.165) is 18.3 Å². The molecule has 3 heteroatoms. The lowest BCUT2D eigenvalue weighted by Gasteiger charge is -2.09. The highest BCUT2D eigenvalue weighted by Crippen LogP contribution is 2.28. The van der Waals surface area contributed by atoms with Gasteiger partial charge in [-0.25, -0.2) is 0 Å². The van der Waals surface area contributed by atoms with Crippen LogP contribution in [0.3, 0.4) is 0 Å². The second-order valence-corrected chi connectivity index (χ2v) is 4.69. The van der Waals surface area contributed by atoms with E-state index in [1.807, 2.05) is 0 Å². The first-order valence-electron chi connectivity index (χ1n) is 5.28. The van der Waals surface area contributed by atoms with Crippen molar-refractivity contribution >= 4 is 11.8 Å². The van der Waals surface area contributed by atoms with E-state index >= 15 is 0 Å². The van der Waals surface area contributed by atoms with Crippen LogP contribution in [0.5, 0.6) is 5.75 Å². The minimum absolute atomic E-state index is 0.760. The Bertz CT molecular complexity index is 336. The molecule has 15 heavy (non-hydrogen) atoms. The molecule has 0 aliphatic heterocycles. The van der Waals surface area contributed by atoms with Gasteiger partial charge in [-0.3, -0.25) is 0 Å². The Balaban J connectivity index is 2.03. The number of ether oxygens (including phenoxy) is 1. The highest BCUT2D eigenvalue weighted by molar-refractivity contribution is 7.98. The van der Waals surface area contributed by atoms with Crippen LogP contribution in [0, 0.1) is 0 Å². The van der Waals surface area contributed by atoms with Gasteiger partial charge in [0.1, 0.15) is 5.75 Å². The Kier molecular flexibility index (Phi) is 3.54. The molecule has 0 atom stereocenters. The van der Waals surface area contributed by atoms with Crippen molar-refractivity contribution in [2.45, 2.75) is 30.3 Å². The zero-order chi connectivity index (χ0) is 10.7. The molecule has 0 aromatic heterocycles. The summed E-state index contributed by atoms with van der Waals surface area (Å²) in [6.45, 7) is 0.954. The average molecular weight is 223 g/mol. The first kappa shape index (κ1) is 10.8. The van der Waals surface area contributed by atoms with Crippen molar-refractivity contribution in [3.05, 3.63) is 23.8 Å². The third kappa shape index (κ3) is 2.89. The number of thioether (sulfide) groups is 1. The predicted molar refractivity (Wildman–Crippen MR) is 64.6 cm³/mol. The molecule has 0 bridgehead atoms. The summed E-state index contributed by atoms with van der Waals surface area (Å²) in [4.78, 5) is 1.20. The highest BCUT2D eigenvalue weighted by Gasteiger charge is 2.19. The smallest absolute Gasteiger partial charge is 0.132 e. The fraction of sp³-hybridized carbons (Fsp3) is 0.500. The van der Waals surface area contributed by atoms with E-state index in [2.05, 4.69) is 29.8 Å². The first-order valence-corrected chi connectivity index (χ1v) is 6.50. The molecular formula is C12H17NOS. The van der Waals surface area contributed by atoms with E-state index in [4.69, 9.17) is 4.74 Å². The van der Waals surface area contributed by atoms with Crippen molar-refractivity contribution in [1.82, 2.24) is 5.32 Å². The van der Waals surface area contributed by atoms with Gasteiger partial charge in [0, 0.05) is 17.5 Å². The molecule has 1 aliphatic rings. The standard InChI is InChI=1S/C12H17NOS/c1-14-11-7-9(3-6-12(11)15-2)8-13-10-4-5-10/h3,6-7,10,13H,4-5,8H2,1-2H3. The van der Waals surface area contributed by atoms with Crippen molar-refractivity contribution < 1.29 is 4.74 Å². The van der Waals surface area contributed by atoms with E-state index in [-0.39, 0.29) is 0 Å². The number of benzene rings is 1. The van der Waals surface area contributed by atoms with E-state index in [0.29, 0.717) is 0 Å². The molecule has 1 aromatic carbocycles. The summed E-state index contributed by atoms with van der Waals surface area (Å²) >= 11 is 1.72. The van der Waals surface area contributed by atoms with Crippen molar-refractivity contribution in [3.63, 3.8) is 0 Å². The molecule has 0 unspecified atom stereocenters. The van der Waals surface area contributed by atoms with Crippen LogP contribution in [0.15, 0.2) is 23.1 Å². The van der Waals surface area contributed by atoms with Crippen LogP contribution in [0.4, 0.5) is 0 Å². The molecule has 82 valence electrons. The van der Waals surface area contributed by atoms with Crippen LogP contribution >= 0.6 is 11.8 Å². The Morgan fingerprint density at radius 3 is 2.87 bits per heavy atom. The van der Waals surface area contributed by atoms with Gasteiger partial charge in [-0.05, 0) is 36.8 Å². The van der Waals surface area contributed by atoms with E-state index < -0.39 is 0 Å². The topological polar surface area (TPSA) is 21.3 Å². The molecule has 1 aliphatic carbocycles. The molecule has 0 heterocycles. The lowest BCUT2D eigenvalue weighted by atomic mass is 10.2. The van der Waals surface area contributed by atoms with Gasteiger partial charge < -0.3 is 10.1 Å². The zero-order valence-electron chi connectivity index (χ0n) is 9.25. The summed E-state index contributed by atoms with van der Waals surface area (Å²) in [5.41, 5.74) is 1.30. The van der Waals surface area contributed by atoms with Crippen LogP contribution in [0.25, 0.3) is 0 Å². The van der Waals surface area contributed by atoms with Crippen LogP contribution in [-0.4, -0.2) is 19.4 Å². The molecule has 1 N–H and O–H groups in total. The largest absolute Gasteiger partial charge is 0.496 e. The summed E-state index contributed by atoms with van der Waals surface area (Å²) in [6, 6.07) is 7.19. The van der Waals surface area contributed by atoms with E-state index in [1.54, 1.807) is 18.9 Å². The minimum Gasteiger partial charge on any atom is -0.496 e. The monoisotopic (exact) mass is 223 g/mol. The van der Waals surface area contributed by atoms with Gasteiger partial charge in [-0.1, -0.05) is 6.07 Å². The molecule has 0 saturated heterocycles. The molecule has 2 nitrogen and oxygen atoms in total. The van der Waals surface area contributed by atoms with E-state index in [9.17, 15) is 0 Å². The van der Waals surface area contributed by atoms with Gasteiger partial charge >= 0.3 is 0 Å². The summed E-state index contributed by atoms with van der Waals surface area (Å²) in [7, 11) is 1.73. The molecule has 1 aromatic rings. The molecule has 1 saturated carbocycles. The van der Waals surface area contributed by atoms with Gasteiger partial charge in [0.05, 0.1) is 7.11 Å². The van der Waals surface area contributed by atoms with Gasteiger partial charge in [0.25, 0.3) is 0 Å². The van der Waals surface area contributed by atoms with Crippen LogP contribution < -0.4 is 10.1 Å². The minimum atomic E-state index is 0.760. The third-order valence-corrected chi connectivity index (χ3v) is 3.40. The maximum Gasteiger partial charge on any atom is 0.132 e. The van der Waals surface area contributed by atoms with Gasteiger partial charge in [0.15, 0.2) is 0 Å². The highest BCUT2D eigenvalue weighted by atomic mass is 32.2. The number of hydrogen-bond donors (Lipinski definition) is 1. The Labute approximate surface area is 95.4 Å². The Hall–Kier alpha value is -0.670. The molecule has 0 spiro atoms. The summed E-state index contributed by atoms with van der Waals surface area (Å²) in [5.74, 6) is 0.984. The average Bonchev–Trinajstić information content (AvgIpc) is 3.09. The summed E-state index contributed by atoms with van der Waals surface area (Å²) in [6.07, 6.45) is 4.74. The van der Waals surface area contributed by atoms with E-state index in [1.165, 1.54) is 23.3 Å². The lowest BCUT2D eigenvalue weighted by Crippen LogP contribution is -2.15. The lowest BCUT2D eigenvalue weighted by molar-refractivity contribution is 0.404. The molecular weight excluding hydrogens is 206 g/mol. The third-order valence-electron chi connectivity index (χ3n) is 2.62. The van der Waals surface area contributed by atoms with Gasteiger partial charge in [0.2, 0.25) is 0 Å². The SMILES string of the molecule is COc1cc(CNC2CC2)ccc1SC. The van der Waals surface area contributed by atoms with Gasteiger partial charge in [-0.2, -0.15) is 0 Å². The van der Waals surface area contributed by atoms with Crippen LogP contribution in [-0.2, 0) is 6.54 Å². The predicted octanol–water partition coefficient (Wildman–Crippen LogP) is 2.67. The van der Waals surface area contributed by atoms with Crippen LogP contribution in [0.1, 0.15) is 18.4 Å². The maximum atomic E-state index is 5.35. The maximum absolute atomic E-state index is 5.35. The number of nitrogens with one attached hydrogen (secondary N) is 1. The molecule has 2 rings (SSSR count). The number of methoxy groups -OCH3 is 1. The van der Waals surface area contributed by atoms with Crippen molar-refractivity contribution in [1.29, 1.82) is 0 Å². The summed E-state index contributed by atoms with van der Waals surface area (Å²) in [5, 5.41) is 3.50. The van der Waals surface area contributed by atoms with Crippen molar-refractivity contribution in [2.75, 3.05) is 13.4 Å². The molecule has 0 amide bonds.